The van der Waals surface area contributed by atoms with Gasteiger partial charge in [0.25, 0.3) is 0 Å². The van der Waals surface area contributed by atoms with Crippen LogP contribution in [-0.2, 0) is 16.6 Å². The Bertz CT molecular complexity index is 782. The number of carbonyl (C=O) groups is 1. The Labute approximate surface area is 120 Å². The van der Waals surface area contributed by atoms with Crippen molar-refractivity contribution < 1.29 is 27.1 Å². The van der Waals surface area contributed by atoms with Crippen LogP contribution in [0, 0.1) is 12.7 Å². The zero-order valence-corrected chi connectivity index (χ0v) is 11.8. The van der Waals surface area contributed by atoms with Gasteiger partial charge in [-0.1, -0.05) is 18.2 Å². The summed E-state index contributed by atoms with van der Waals surface area (Å²) in [5.74, 6) is -2.42. The molecule has 0 atom stereocenters. The highest BCUT2D eigenvalue weighted by atomic mass is 32.2. The molecule has 21 heavy (non-hydrogen) atoms. The van der Waals surface area contributed by atoms with Gasteiger partial charge < -0.3 is 9.52 Å². The van der Waals surface area contributed by atoms with Crippen molar-refractivity contribution in [1.29, 1.82) is 0 Å². The van der Waals surface area contributed by atoms with Crippen molar-refractivity contribution in [2.24, 2.45) is 0 Å². The van der Waals surface area contributed by atoms with E-state index in [0.29, 0.717) is 0 Å². The highest BCUT2D eigenvalue weighted by Gasteiger charge is 2.23. The molecule has 0 bridgehead atoms. The first-order valence-electron chi connectivity index (χ1n) is 5.88. The van der Waals surface area contributed by atoms with Crippen molar-refractivity contribution in [3.05, 3.63) is 53.2 Å². The van der Waals surface area contributed by atoms with Crippen molar-refractivity contribution >= 4 is 16.0 Å². The molecule has 112 valence electrons. The van der Waals surface area contributed by atoms with Crippen LogP contribution in [0.2, 0.25) is 0 Å². The molecule has 0 saturated heterocycles. The van der Waals surface area contributed by atoms with Gasteiger partial charge in [0.15, 0.2) is 0 Å². The maximum Gasteiger partial charge on any atom is 0.371 e. The van der Waals surface area contributed by atoms with Crippen LogP contribution >= 0.6 is 0 Å². The lowest BCUT2D eigenvalue weighted by Gasteiger charge is -2.06. The molecule has 0 radical (unpaired) electrons. The Morgan fingerprint density at radius 2 is 2.05 bits per heavy atom. The molecule has 8 heteroatoms. The van der Waals surface area contributed by atoms with Crippen molar-refractivity contribution in [2.75, 3.05) is 0 Å². The molecular formula is C13H12FNO5S. The number of aryl methyl sites for hydroxylation is 1. The number of nitrogens with one attached hydrogen (secondary N) is 1. The normalized spacial score (nSPS) is 11.5. The Balaban J connectivity index is 2.23. The van der Waals surface area contributed by atoms with Gasteiger partial charge in [-0.05, 0) is 13.0 Å². The van der Waals surface area contributed by atoms with Crippen LogP contribution in [0.25, 0.3) is 0 Å². The van der Waals surface area contributed by atoms with E-state index < -0.39 is 27.6 Å². The number of furan rings is 1. The van der Waals surface area contributed by atoms with Crippen LogP contribution in [0.1, 0.15) is 21.9 Å². The number of benzene rings is 1. The van der Waals surface area contributed by atoms with E-state index in [-0.39, 0.29) is 22.8 Å². The lowest BCUT2D eigenvalue weighted by molar-refractivity contribution is 0.0661. The number of hydrogen-bond donors (Lipinski definition) is 2. The van der Waals surface area contributed by atoms with Crippen LogP contribution < -0.4 is 4.72 Å². The lowest BCUT2D eigenvalue weighted by atomic mass is 10.2. The molecule has 2 rings (SSSR count). The maximum absolute atomic E-state index is 13.4. The molecule has 0 aliphatic heterocycles. The third kappa shape index (κ3) is 3.29. The minimum Gasteiger partial charge on any atom is -0.475 e. The van der Waals surface area contributed by atoms with E-state index >= 15 is 0 Å². The fraction of sp³-hybridized carbons (Fsp3) is 0.154. The number of halogens is 1. The average molecular weight is 313 g/mol. The third-order valence-electron chi connectivity index (χ3n) is 2.78. The first-order valence-corrected chi connectivity index (χ1v) is 7.36. The Morgan fingerprint density at radius 3 is 2.62 bits per heavy atom. The number of carboxylic acid groups (broad SMARTS) is 1. The molecule has 0 aliphatic carbocycles. The molecule has 0 unspecified atom stereocenters. The molecule has 0 aliphatic rings. The monoisotopic (exact) mass is 313 g/mol. The first kappa shape index (κ1) is 15.2. The quantitative estimate of drug-likeness (QED) is 0.879. The summed E-state index contributed by atoms with van der Waals surface area (Å²) in [6, 6.07) is 6.66. The summed E-state index contributed by atoms with van der Waals surface area (Å²) in [7, 11) is -3.99. The fourth-order valence-electron chi connectivity index (χ4n) is 1.73. The Morgan fingerprint density at radius 1 is 1.38 bits per heavy atom. The second-order valence-electron chi connectivity index (χ2n) is 4.25. The topological polar surface area (TPSA) is 96.6 Å². The van der Waals surface area contributed by atoms with Gasteiger partial charge in [0.2, 0.25) is 15.8 Å². The van der Waals surface area contributed by atoms with Gasteiger partial charge in [-0.2, -0.15) is 0 Å². The van der Waals surface area contributed by atoms with Crippen molar-refractivity contribution in [3.8, 4) is 0 Å². The molecule has 2 N–H and O–H groups in total. The van der Waals surface area contributed by atoms with Crippen molar-refractivity contribution in [2.45, 2.75) is 18.4 Å². The summed E-state index contributed by atoms with van der Waals surface area (Å²) >= 11 is 0. The summed E-state index contributed by atoms with van der Waals surface area (Å²) in [4.78, 5) is 10.5. The van der Waals surface area contributed by atoms with Crippen LogP contribution in [0.15, 0.2) is 39.6 Å². The summed E-state index contributed by atoms with van der Waals surface area (Å²) < 4.78 is 44.6. The first-order chi connectivity index (χ1) is 9.81. The highest BCUT2D eigenvalue weighted by molar-refractivity contribution is 7.89. The Kier molecular flexibility index (Phi) is 4.10. The summed E-state index contributed by atoms with van der Waals surface area (Å²) in [6.07, 6.45) is 0. The van der Waals surface area contributed by atoms with Crippen LogP contribution in [0.4, 0.5) is 4.39 Å². The van der Waals surface area contributed by atoms with Crippen LogP contribution in [0.5, 0.6) is 0 Å². The van der Waals surface area contributed by atoms with E-state index in [1.807, 2.05) is 0 Å². The molecule has 1 aromatic heterocycles. The van der Waals surface area contributed by atoms with E-state index in [4.69, 9.17) is 9.52 Å². The predicted molar refractivity (Wildman–Crippen MR) is 70.8 cm³/mol. The summed E-state index contributed by atoms with van der Waals surface area (Å²) in [5, 5.41) is 8.77. The largest absolute Gasteiger partial charge is 0.475 e. The van der Waals surface area contributed by atoms with E-state index in [0.717, 1.165) is 6.07 Å². The maximum atomic E-state index is 13.4. The average Bonchev–Trinajstić information content (AvgIpc) is 2.81. The van der Waals surface area contributed by atoms with Gasteiger partial charge in [0, 0.05) is 18.2 Å². The van der Waals surface area contributed by atoms with Crippen molar-refractivity contribution in [3.63, 3.8) is 0 Å². The van der Waals surface area contributed by atoms with E-state index in [1.165, 1.54) is 25.1 Å². The van der Waals surface area contributed by atoms with Gasteiger partial charge in [-0.25, -0.2) is 22.3 Å². The summed E-state index contributed by atoms with van der Waals surface area (Å²) in [6.45, 7) is 1.09. The van der Waals surface area contributed by atoms with Gasteiger partial charge in [0.05, 0.1) is 0 Å². The molecule has 1 heterocycles. The Hall–Kier alpha value is -2.19. The third-order valence-corrected chi connectivity index (χ3v) is 4.29. The second-order valence-corrected chi connectivity index (χ2v) is 5.99. The van der Waals surface area contributed by atoms with Gasteiger partial charge >= 0.3 is 5.97 Å². The highest BCUT2D eigenvalue weighted by Crippen LogP contribution is 2.20. The van der Waals surface area contributed by atoms with E-state index in [2.05, 4.69) is 4.72 Å². The molecule has 0 saturated carbocycles. The van der Waals surface area contributed by atoms with Crippen LogP contribution in [0.3, 0.4) is 0 Å². The number of carboxylic acids is 1. The van der Waals surface area contributed by atoms with Gasteiger partial charge in [0.1, 0.15) is 16.5 Å². The number of aromatic carboxylic acids is 1. The zero-order valence-electron chi connectivity index (χ0n) is 11.0. The molecule has 2 aromatic rings. The predicted octanol–water partition coefficient (Wildman–Crippen LogP) is 1.90. The molecule has 0 amide bonds. The second kappa shape index (κ2) is 5.66. The molecule has 0 spiro atoms. The summed E-state index contributed by atoms with van der Waals surface area (Å²) in [5.41, 5.74) is 0.181. The van der Waals surface area contributed by atoms with Gasteiger partial charge in [-0.15, -0.1) is 0 Å². The lowest BCUT2D eigenvalue weighted by Crippen LogP contribution is -2.24. The molecule has 6 nitrogen and oxygen atoms in total. The standard InChI is InChI=1S/C13H12FNO5S/c1-8-12(6-11(20-8)13(16)17)21(18,19)15-7-9-4-2-3-5-10(9)14/h2-6,15H,7H2,1H3,(H,16,17). The molecular weight excluding hydrogens is 301 g/mol. The van der Waals surface area contributed by atoms with E-state index in [9.17, 15) is 17.6 Å². The SMILES string of the molecule is Cc1oc(C(=O)O)cc1S(=O)(=O)NCc1ccccc1F. The molecule has 0 fully saturated rings. The smallest absolute Gasteiger partial charge is 0.371 e. The van der Waals surface area contributed by atoms with Crippen molar-refractivity contribution in [1.82, 2.24) is 4.72 Å². The zero-order chi connectivity index (χ0) is 15.6. The number of rotatable bonds is 5. The number of sulfonamides is 1. The number of hydrogen-bond acceptors (Lipinski definition) is 4. The minimum atomic E-state index is -3.99. The minimum absolute atomic E-state index is 0.0477. The fourth-order valence-corrected chi connectivity index (χ4v) is 2.91. The van der Waals surface area contributed by atoms with Crippen LogP contribution in [-0.4, -0.2) is 19.5 Å². The molecule has 1 aromatic carbocycles. The van der Waals surface area contributed by atoms with Gasteiger partial charge in [-0.3, -0.25) is 0 Å². The van der Waals surface area contributed by atoms with E-state index in [1.54, 1.807) is 6.07 Å².